The maximum atomic E-state index is 2.70. The first-order valence-electron chi connectivity index (χ1n) is 7.18. The highest BCUT2D eigenvalue weighted by atomic mass is 15.2. The van der Waals surface area contributed by atoms with Crippen molar-refractivity contribution in [1.82, 2.24) is 4.90 Å². The molecule has 0 N–H and O–H groups in total. The van der Waals surface area contributed by atoms with Gasteiger partial charge in [-0.25, -0.2) is 0 Å². The summed E-state index contributed by atoms with van der Waals surface area (Å²) in [6.45, 7) is 4.74. The van der Waals surface area contributed by atoms with E-state index in [9.17, 15) is 0 Å². The highest BCUT2D eigenvalue weighted by Crippen LogP contribution is 2.23. The molecule has 0 radical (unpaired) electrons. The van der Waals surface area contributed by atoms with E-state index < -0.39 is 0 Å². The number of likely N-dealkylation sites (tertiary alicyclic amines) is 1. The second kappa shape index (κ2) is 6.80. The zero-order valence-electron chi connectivity index (χ0n) is 11.1. The van der Waals surface area contributed by atoms with Gasteiger partial charge in [0.05, 0.1) is 0 Å². The molecule has 94 valence electrons. The lowest BCUT2D eigenvalue weighted by Gasteiger charge is -2.36. The molecule has 2 rings (SSSR count). The Morgan fingerprint density at radius 2 is 2.00 bits per heavy atom. The number of piperidine rings is 1. The molecule has 0 saturated carbocycles. The quantitative estimate of drug-likeness (QED) is 0.733. The fraction of sp³-hybridized carbons (Fsp3) is 0.625. The van der Waals surface area contributed by atoms with E-state index in [4.69, 9.17) is 0 Å². The zero-order valence-corrected chi connectivity index (χ0v) is 11.1. The van der Waals surface area contributed by atoms with E-state index >= 15 is 0 Å². The summed E-state index contributed by atoms with van der Waals surface area (Å²) >= 11 is 0. The molecule has 0 aromatic heterocycles. The topological polar surface area (TPSA) is 3.24 Å². The fourth-order valence-corrected chi connectivity index (χ4v) is 2.85. The Bertz CT molecular complexity index is 307. The molecular formula is C16H25N. The first kappa shape index (κ1) is 12.6. The van der Waals surface area contributed by atoms with Crippen LogP contribution in [0.5, 0.6) is 0 Å². The molecule has 0 spiro atoms. The van der Waals surface area contributed by atoms with Gasteiger partial charge in [0, 0.05) is 12.6 Å². The van der Waals surface area contributed by atoms with Gasteiger partial charge < -0.3 is 0 Å². The molecule has 0 bridgehead atoms. The molecule has 1 heteroatoms. The molecular weight excluding hydrogens is 206 g/mol. The standard InChI is InChI=1S/C16H25N/c1-2-3-11-16-12-7-8-13-17(16)14-15-9-5-4-6-10-15/h4-6,9-10,16H,2-3,7-8,11-14H2,1H3. The molecule has 1 heterocycles. The van der Waals surface area contributed by atoms with E-state index in [1.807, 2.05) is 0 Å². The van der Waals surface area contributed by atoms with Crippen LogP contribution in [-0.4, -0.2) is 17.5 Å². The summed E-state index contributed by atoms with van der Waals surface area (Å²) in [6, 6.07) is 11.8. The average Bonchev–Trinajstić information content (AvgIpc) is 2.39. The van der Waals surface area contributed by atoms with Crippen molar-refractivity contribution in [2.45, 2.75) is 58.0 Å². The van der Waals surface area contributed by atoms with Crippen molar-refractivity contribution < 1.29 is 0 Å². The predicted octanol–water partition coefficient (Wildman–Crippen LogP) is 4.23. The Morgan fingerprint density at radius 1 is 1.18 bits per heavy atom. The molecule has 1 aromatic rings. The first-order chi connectivity index (χ1) is 8.40. The highest BCUT2D eigenvalue weighted by molar-refractivity contribution is 5.14. The minimum absolute atomic E-state index is 0.837. The number of benzene rings is 1. The Hall–Kier alpha value is -0.820. The van der Waals surface area contributed by atoms with Gasteiger partial charge in [-0.15, -0.1) is 0 Å². The smallest absolute Gasteiger partial charge is 0.0236 e. The summed E-state index contributed by atoms with van der Waals surface area (Å²) in [5.74, 6) is 0. The summed E-state index contributed by atoms with van der Waals surface area (Å²) in [7, 11) is 0. The van der Waals surface area contributed by atoms with Crippen LogP contribution in [0.25, 0.3) is 0 Å². The molecule has 1 aromatic carbocycles. The minimum atomic E-state index is 0.837. The lowest BCUT2D eigenvalue weighted by Crippen LogP contribution is -2.38. The van der Waals surface area contributed by atoms with E-state index in [-0.39, 0.29) is 0 Å². The summed E-state index contributed by atoms with van der Waals surface area (Å²) in [5, 5.41) is 0. The largest absolute Gasteiger partial charge is 0.296 e. The van der Waals surface area contributed by atoms with Crippen molar-refractivity contribution >= 4 is 0 Å². The van der Waals surface area contributed by atoms with E-state index in [0.717, 1.165) is 12.6 Å². The van der Waals surface area contributed by atoms with Crippen LogP contribution in [0.2, 0.25) is 0 Å². The molecule has 1 nitrogen and oxygen atoms in total. The zero-order chi connectivity index (χ0) is 11.9. The van der Waals surface area contributed by atoms with E-state index in [2.05, 4.69) is 42.2 Å². The number of hydrogen-bond acceptors (Lipinski definition) is 1. The summed E-state index contributed by atoms with van der Waals surface area (Å²) < 4.78 is 0. The molecule has 17 heavy (non-hydrogen) atoms. The van der Waals surface area contributed by atoms with Gasteiger partial charge in [-0.3, -0.25) is 4.90 Å². The van der Waals surface area contributed by atoms with E-state index in [1.165, 1.54) is 50.6 Å². The van der Waals surface area contributed by atoms with Crippen molar-refractivity contribution in [3.05, 3.63) is 35.9 Å². The minimum Gasteiger partial charge on any atom is -0.296 e. The second-order valence-electron chi connectivity index (χ2n) is 5.25. The SMILES string of the molecule is CCCCC1CCCCN1Cc1ccccc1. The Kier molecular flexibility index (Phi) is 5.06. The van der Waals surface area contributed by atoms with Gasteiger partial charge in [-0.1, -0.05) is 56.5 Å². The van der Waals surface area contributed by atoms with Crippen molar-refractivity contribution in [2.75, 3.05) is 6.54 Å². The lowest BCUT2D eigenvalue weighted by atomic mass is 9.96. The maximum absolute atomic E-state index is 2.70. The van der Waals surface area contributed by atoms with Gasteiger partial charge in [0.15, 0.2) is 0 Å². The first-order valence-corrected chi connectivity index (χ1v) is 7.18. The summed E-state index contributed by atoms with van der Waals surface area (Å²) in [4.78, 5) is 2.70. The third kappa shape index (κ3) is 3.85. The number of nitrogens with zero attached hydrogens (tertiary/aromatic N) is 1. The van der Waals surface area contributed by atoms with Gasteiger partial charge in [-0.05, 0) is 31.4 Å². The molecule has 1 aliphatic rings. The van der Waals surface area contributed by atoms with Crippen LogP contribution in [0.3, 0.4) is 0 Å². The Labute approximate surface area is 106 Å². The van der Waals surface area contributed by atoms with Gasteiger partial charge >= 0.3 is 0 Å². The lowest BCUT2D eigenvalue weighted by molar-refractivity contribution is 0.130. The van der Waals surface area contributed by atoms with Crippen LogP contribution in [0.1, 0.15) is 51.0 Å². The Balaban J connectivity index is 1.92. The van der Waals surface area contributed by atoms with E-state index in [0.29, 0.717) is 0 Å². The van der Waals surface area contributed by atoms with Crippen LogP contribution in [0.4, 0.5) is 0 Å². The normalized spacial score (nSPS) is 21.6. The van der Waals surface area contributed by atoms with E-state index in [1.54, 1.807) is 0 Å². The van der Waals surface area contributed by atoms with Gasteiger partial charge in [-0.2, -0.15) is 0 Å². The number of unbranched alkanes of at least 4 members (excludes halogenated alkanes) is 1. The Morgan fingerprint density at radius 3 is 2.76 bits per heavy atom. The maximum Gasteiger partial charge on any atom is 0.0236 e. The third-order valence-electron chi connectivity index (χ3n) is 3.87. The number of rotatable bonds is 5. The second-order valence-corrected chi connectivity index (χ2v) is 5.25. The van der Waals surface area contributed by atoms with Crippen molar-refractivity contribution in [3.63, 3.8) is 0 Å². The third-order valence-corrected chi connectivity index (χ3v) is 3.87. The molecule has 1 aliphatic heterocycles. The van der Waals surface area contributed by atoms with Crippen LogP contribution >= 0.6 is 0 Å². The average molecular weight is 231 g/mol. The highest BCUT2D eigenvalue weighted by Gasteiger charge is 2.21. The van der Waals surface area contributed by atoms with Crippen LogP contribution < -0.4 is 0 Å². The molecule has 1 atom stereocenters. The molecule has 0 aliphatic carbocycles. The van der Waals surface area contributed by atoms with Crippen LogP contribution in [0, 0.1) is 0 Å². The monoisotopic (exact) mass is 231 g/mol. The van der Waals surface area contributed by atoms with Gasteiger partial charge in [0.25, 0.3) is 0 Å². The van der Waals surface area contributed by atoms with Crippen molar-refractivity contribution in [3.8, 4) is 0 Å². The number of hydrogen-bond donors (Lipinski definition) is 0. The van der Waals surface area contributed by atoms with Crippen LogP contribution in [-0.2, 0) is 6.54 Å². The van der Waals surface area contributed by atoms with Gasteiger partial charge in [0.2, 0.25) is 0 Å². The van der Waals surface area contributed by atoms with Gasteiger partial charge in [0.1, 0.15) is 0 Å². The van der Waals surface area contributed by atoms with Crippen LogP contribution in [0.15, 0.2) is 30.3 Å². The molecule has 1 unspecified atom stereocenters. The molecule has 1 saturated heterocycles. The fourth-order valence-electron chi connectivity index (χ4n) is 2.85. The van der Waals surface area contributed by atoms with Crippen molar-refractivity contribution in [1.29, 1.82) is 0 Å². The van der Waals surface area contributed by atoms with Crippen molar-refractivity contribution in [2.24, 2.45) is 0 Å². The summed E-state index contributed by atoms with van der Waals surface area (Å²) in [6.07, 6.45) is 8.33. The molecule has 0 amide bonds. The molecule has 1 fully saturated rings. The summed E-state index contributed by atoms with van der Waals surface area (Å²) in [5.41, 5.74) is 1.47. The predicted molar refractivity (Wildman–Crippen MR) is 74.0 cm³/mol.